The molecule has 12 nitrogen and oxygen atoms in total. The van der Waals surface area contributed by atoms with Crippen LogP contribution in [0.5, 0.6) is 34.5 Å². The molecule has 0 aliphatic carbocycles. The second-order valence-electron chi connectivity index (χ2n) is 18.9. The zero-order valence-corrected chi connectivity index (χ0v) is 44.0. The van der Waals surface area contributed by atoms with E-state index >= 15 is 0 Å². The lowest BCUT2D eigenvalue weighted by molar-refractivity contribution is -0.138. The summed E-state index contributed by atoms with van der Waals surface area (Å²) in [6.45, 7) is 0.356. The Morgan fingerprint density at radius 2 is 0.902 bits per heavy atom. The highest BCUT2D eigenvalue weighted by molar-refractivity contribution is 6.32. The number of aromatic nitrogens is 2. The quantitative estimate of drug-likeness (QED) is 0.101. The number of hydrogen-bond acceptors (Lipinski definition) is 8. The van der Waals surface area contributed by atoms with Gasteiger partial charge in [-0.3, -0.25) is 0 Å². The number of alkyl halides is 6. The molecule has 0 saturated carbocycles. The van der Waals surface area contributed by atoms with E-state index < -0.39 is 35.4 Å². The lowest BCUT2D eigenvalue weighted by atomic mass is 10.0. The van der Waals surface area contributed by atoms with Gasteiger partial charge in [0.05, 0.1) is 24.2 Å². The molecule has 10 aromatic rings. The second-order valence-corrected chi connectivity index (χ2v) is 19.7. The van der Waals surface area contributed by atoms with Crippen LogP contribution in [0.1, 0.15) is 54.4 Å². The largest absolute Gasteiger partial charge is 0.489 e. The Kier molecular flexibility index (Phi) is 14.9. The minimum absolute atomic E-state index is 0.0314. The number of carboxylic acids is 2. The molecule has 8 aromatic carbocycles. The highest BCUT2D eigenvalue weighted by Crippen LogP contribution is 2.44. The molecule has 20 heteroatoms. The zero-order valence-electron chi connectivity index (χ0n) is 42.5. The first-order chi connectivity index (χ1) is 39.4. The van der Waals surface area contributed by atoms with Crippen LogP contribution in [0.2, 0.25) is 10.0 Å². The van der Waals surface area contributed by atoms with Crippen LogP contribution >= 0.6 is 23.2 Å². The van der Waals surface area contributed by atoms with E-state index in [0.29, 0.717) is 111 Å². The van der Waals surface area contributed by atoms with Crippen molar-refractivity contribution in [2.45, 2.75) is 38.7 Å². The van der Waals surface area contributed by atoms with E-state index in [9.17, 15) is 46.1 Å². The Morgan fingerprint density at radius 1 is 0.476 bits per heavy atom. The molecule has 2 aromatic heterocycles. The van der Waals surface area contributed by atoms with E-state index in [1.165, 1.54) is 18.2 Å². The van der Waals surface area contributed by atoms with Gasteiger partial charge in [-0.05, 0) is 106 Å². The first kappa shape index (κ1) is 54.7. The molecule has 82 heavy (non-hydrogen) atoms. The maximum Gasteiger partial charge on any atom is 0.416 e. The Morgan fingerprint density at radius 3 is 1.33 bits per heavy atom. The maximum atomic E-state index is 13.2. The van der Waals surface area contributed by atoms with Crippen molar-refractivity contribution in [2.75, 3.05) is 13.6 Å². The number of ether oxygens (including phenoxy) is 6. The number of nitrogens with zero attached hydrogens (tertiary/aromatic N) is 2. The Bertz CT molecular complexity index is 4070. The van der Waals surface area contributed by atoms with Gasteiger partial charge in [0.1, 0.15) is 36.1 Å². The average Bonchev–Trinajstić information content (AvgIpc) is 4.47. The van der Waals surface area contributed by atoms with Crippen LogP contribution in [-0.4, -0.2) is 44.9 Å². The third-order valence-corrected chi connectivity index (χ3v) is 14.4. The first-order valence-electron chi connectivity index (χ1n) is 25.0. The zero-order chi connectivity index (χ0) is 57.5. The lowest BCUT2D eigenvalue weighted by Crippen LogP contribution is -2.11. The van der Waals surface area contributed by atoms with Gasteiger partial charge in [-0.25, -0.2) is 9.59 Å². The maximum absolute atomic E-state index is 13.2. The average molecular weight is 1160 g/mol. The Balaban J connectivity index is 0.000000172. The summed E-state index contributed by atoms with van der Waals surface area (Å²) in [6, 6.07) is 45.0. The van der Waals surface area contributed by atoms with Crippen molar-refractivity contribution in [2.24, 2.45) is 0 Å². The van der Waals surface area contributed by atoms with E-state index in [1.807, 2.05) is 60.7 Å². The van der Waals surface area contributed by atoms with Gasteiger partial charge in [-0.2, -0.15) is 26.3 Å². The van der Waals surface area contributed by atoms with Crippen molar-refractivity contribution in [3.63, 3.8) is 0 Å². The van der Waals surface area contributed by atoms with E-state index in [2.05, 4.69) is 0 Å². The van der Waals surface area contributed by atoms with Crippen LogP contribution in [-0.2, 0) is 38.7 Å². The fraction of sp³-hybridized carbons (Fsp3) is 0.129. The van der Waals surface area contributed by atoms with E-state index in [0.717, 1.165) is 24.3 Å². The highest BCUT2D eigenvalue weighted by atomic mass is 35.5. The summed E-state index contributed by atoms with van der Waals surface area (Å²) in [7, 11) is 0. The normalized spacial score (nSPS) is 12.6. The standard InChI is InChI=1S/2C31H21ClF3NO5/c32-24-14-27-26(40-17-41-27)12-20(24)15-36-25-10-9-22(39-16-18-5-4-8-21(11-18)31(33,34)35)13-23(25)28(29(36)30(37)38)19-6-2-1-3-7-19;32-24-14-27-26(40-17-41-27)12-20(24)15-36-25-11-10-22(39-16-18-6-8-21(9-7-18)31(33,34)35)13-23(25)28(29(36)30(37)38)19-4-2-1-3-5-19/h2*1-14H,15-17H2,(H,37,38). The van der Waals surface area contributed by atoms with E-state index in [1.54, 1.807) is 75.9 Å². The van der Waals surface area contributed by atoms with Gasteiger partial charge in [0, 0.05) is 55.1 Å². The molecular formula is C62H42Cl2F6N2O10. The van der Waals surface area contributed by atoms with Gasteiger partial charge in [-0.15, -0.1) is 0 Å². The number of aromatic carboxylic acids is 2. The number of hydrogen-bond donors (Lipinski definition) is 2. The third-order valence-electron chi connectivity index (χ3n) is 13.7. The van der Waals surface area contributed by atoms with Crippen LogP contribution < -0.4 is 28.4 Å². The van der Waals surface area contributed by atoms with Gasteiger partial charge in [0.25, 0.3) is 0 Å². The predicted octanol–water partition coefficient (Wildman–Crippen LogP) is 16.1. The van der Waals surface area contributed by atoms with Gasteiger partial charge in [0.15, 0.2) is 23.0 Å². The molecule has 12 rings (SSSR count). The minimum Gasteiger partial charge on any atom is -0.489 e. The van der Waals surface area contributed by atoms with Crippen molar-refractivity contribution in [3.05, 3.63) is 225 Å². The van der Waals surface area contributed by atoms with Gasteiger partial charge < -0.3 is 47.8 Å². The molecule has 416 valence electrons. The van der Waals surface area contributed by atoms with Crippen LogP contribution in [0.25, 0.3) is 44.1 Å². The number of benzene rings is 8. The van der Waals surface area contributed by atoms with Crippen LogP contribution in [0.4, 0.5) is 26.3 Å². The highest BCUT2D eigenvalue weighted by Gasteiger charge is 2.32. The van der Waals surface area contributed by atoms with Crippen molar-refractivity contribution < 1.29 is 74.6 Å². The number of carboxylic acid groups (broad SMARTS) is 2. The summed E-state index contributed by atoms with van der Waals surface area (Å²) < 4.78 is 115. The summed E-state index contributed by atoms with van der Waals surface area (Å²) in [5.41, 5.74) is 4.44. The number of halogens is 8. The van der Waals surface area contributed by atoms with Crippen molar-refractivity contribution in [3.8, 4) is 56.8 Å². The van der Waals surface area contributed by atoms with Gasteiger partial charge in [0.2, 0.25) is 13.6 Å². The smallest absolute Gasteiger partial charge is 0.416 e. The van der Waals surface area contributed by atoms with Crippen molar-refractivity contribution >= 4 is 56.9 Å². The van der Waals surface area contributed by atoms with Gasteiger partial charge in [-0.1, -0.05) is 108 Å². The molecule has 2 aliphatic heterocycles. The van der Waals surface area contributed by atoms with Crippen LogP contribution in [0.3, 0.4) is 0 Å². The van der Waals surface area contributed by atoms with E-state index in [4.69, 9.17) is 51.6 Å². The number of carbonyl (C=O) groups is 2. The Hall–Kier alpha value is -9.26. The van der Waals surface area contributed by atoms with E-state index in [-0.39, 0.29) is 51.3 Å². The molecule has 0 spiro atoms. The molecular weight excluding hydrogens is 1120 g/mol. The molecule has 0 unspecified atom stereocenters. The summed E-state index contributed by atoms with van der Waals surface area (Å²) in [4.78, 5) is 25.5. The van der Waals surface area contributed by atoms with Crippen LogP contribution in [0.15, 0.2) is 170 Å². The fourth-order valence-electron chi connectivity index (χ4n) is 9.88. The third kappa shape index (κ3) is 11.3. The summed E-state index contributed by atoms with van der Waals surface area (Å²) in [5.74, 6) is 0.641. The SMILES string of the molecule is O=C(O)c1c(-c2ccccc2)c2cc(OCc3ccc(C(F)(F)F)cc3)ccc2n1Cc1cc2c(cc1Cl)OCO2.O=C(O)c1c(-c2ccccc2)c2cc(OCc3cccc(C(F)(F)F)c3)ccc2n1Cc1cc2c(cc1Cl)OCO2. The molecule has 0 saturated heterocycles. The molecule has 0 fully saturated rings. The number of fused-ring (bicyclic) bond motifs is 4. The van der Waals surface area contributed by atoms with Crippen LogP contribution in [0, 0.1) is 0 Å². The topological polar surface area (TPSA) is 140 Å². The van der Waals surface area contributed by atoms with Crippen molar-refractivity contribution in [1.29, 1.82) is 0 Å². The lowest BCUT2D eigenvalue weighted by Gasteiger charge is -2.12. The van der Waals surface area contributed by atoms with Crippen molar-refractivity contribution in [1.82, 2.24) is 9.13 Å². The predicted molar refractivity (Wildman–Crippen MR) is 294 cm³/mol. The first-order valence-corrected chi connectivity index (χ1v) is 25.8. The molecule has 0 bridgehead atoms. The summed E-state index contributed by atoms with van der Waals surface area (Å²) >= 11 is 13.1. The van der Waals surface area contributed by atoms with Gasteiger partial charge >= 0.3 is 24.3 Å². The fourth-order valence-corrected chi connectivity index (χ4v) is 10.3. The minimum atomic E-state index is -4.46. The molecule has 2 N–H and O–H groups in total. The number of rotatable bonds is 14. The Labute approximate surface area is 472 Å². The summed E-state index contributed by atoms with van der Waals surface area (Å²) in [6.07, 6.45) is -8.88. The monoisotopic (exact) mass is 1160 g/mol. The molecule has 0 amide bonds. The molecule has 4 heterocycles. The molecule has 0 atom stereocenters. The summed E-state index contributed by atoms with van der Waals surface area (Å²) in [5, 5.41) is 22.8. The second kappa shape index (κ2) is 22.3. The molecule has 2 aliphatic rings. The molecule has 0 radical (unpaired) electrons.